The first-order valence-corrected chi connectivity index (χ1v) is 10.3. The summed E-state index contributed by atoms with van der Waals surface area (Å²) in [5, 5.41) is 2.73. The summed E-state index contributed by atoms with van der Waals surface area (Å²) in [6, 6.07) is 14.5. The van der Waals surface area contributed by atoms with Gasteiger partial charge in [0.2, 0.25) is 11.8 Å². The molecule has 0 fully saturated rings. The van der Waals surface area contributed by atoms with Crippen LogP contribution < -0.4 is 4.90 Å². The molecule has 6 nitrogen and oxygen atoms in total. The van der Waals surface area contributed by atoms with Crippen molar-refractivity contribution in [3.63, 3.8) is 0 Å². The number of thiazole rings is 1. The Morgan fingerprint density at radius 3 is 2.67 bits per heavy atom. The summed E-state index contributed by atoms with van der Waals surface area (Å²) in [6.45, 7) is 3.43. The van der Waals surface area contributed by atoms with Gasteiger partial charge in [0.1, 0.15) is 0 Å². The van der Waals surface area contributed by atoms with Crippen molar-refractivity contribution in [2.24, 2.45) is 4.99 Å². The van der Waals surface area contributed by atoms with Gasteiger partial charge in [0.05, 0.1) is 11.4 Å². The number of esters is 1. The molecule has 3 aromatic rings. The van der Waals surface area contributed by atoms with Crippen LogP contribution in [0.15, 0.2) is 64.6 Å². The summed E-state index contributed by atoms with van der Waals surface area (Å²) in [5.41, 5.74) is 3.09. The molecule has 0 N–H and O–H groups in total. The Morgan fingerprint density at radius 1 is 1.20 bits per heavy atom. The molecule has 30 heavy (non-hydrogen) atoms. The van der Waals surface area contributed by atoms with Crippen LogP contribution in [0.1, 0.15) is 23.7 Å². The molecule has 8 heteroatoms. The predicted octanol–water partition coefficient (Wildman–Crippen LogP) is 5.13. The maximum atomic E-state index is 12.2. The SMILES string of the molecule is CC(=O)N(c1cccc(Cl)c1)c1nc(/C=C2/N=C(c3ccc(C)cc3)OC2=O)cs1. The molecule has 2 heterocycles. The number of anilines is 2. The van der Waals surface area contributed by atoms with E-state index in [4.69, 9.17) is 16.3 Å². The largest absolute Gasteiger partial charge is 0.402 e. The lowest BCUT2D eigenvalue weighted by atomic mass is 10.1. The molecule has 0 aliphatic carbocycles. The molecule has 0 radical (unpaired) electrons. The number of benzene rings is 2. The summed E-state index contributed by atoms with van der Waals surface area (Å²) >= 11 is 7.33. The summed E-state index contributed by atoms with van der Waals surface area (Å²) in [7, 11) is 0. The van der Waals surface area contributed by atoms with Crippen LogP contribution >= 0.6 is 22.9 Å². The second-order valence-corrected chi connectivity index (χ2v) is 7.86. The molecule has 0 saturated heterocycles. The molecule has 1 aliphatic rings. The van der Waals surface area contributed by atoms with E-state index in [0.717, 1.165) is 11.1 Å². The zero-order chi connectivity index (χ0) is 21.3. The van der Waals surface area contributed by atoms with Crippen molar-refractivity contribution in [1.29, 1.82) is 0 Å². The molecule has 0 unspecified atom stereocenters. The standard InChI is InChI=1S/C22H16ClN3O3S/c1-13-6-8-15(9-7-13)20-25-19(21(28)29-20)11-17-12-30-22(24-17)26(14(2)27)18-5-3-4-16(23)10-18/h3-12H,1-2H3/b19-11+. The molecule has 1 aliphatic heterocycles. The molecule has 2 aromatic carbocycles. The zero-order valence-electron chi connectivity index (χ0n) is 16.1. The van der Waals surface area contributed by atoms with E-state index in [9.17, 15) is 9.59 Å². The van der Waals surface area contributed by atoms with E-state index < -0.39 is 5.97 Å². The number of amides is 1. The third kappa shape index (κ3) is 4.17. The normalized spacial score (nSPS) is 14.6. The highest BCUT2D eigenvalue weighted by Crippen LogP contribution is 2.31. The molecule has 0 bridgehead atoms. The second-order valence-electron chi connectivity index (χ2n) is 6.59. The number of aromatic nitrogens is 1. The highest BCUT2D eigenvalue weighted by molar-refractivity contribution is 7.14. The molecule has 0 saturated carbocycles. The van der Waals surface area contributed by atoms with Gasteiger partial charge in [0.15, 0.2) is 10.8 Å². The van der Waals surface area contributed by atoms with Crippen LogP contribution in [0.2, 0.25) is 5.02 Å². The summed E-state index contributed by atoms with van der Waals surface area (Å²) in [4.78, 5) is 34.7. The number of carbonyl (C=O) groups excluding carboxylic acids is 2. The highest BCUT2D eigenvalue weighted by atomic mass is 35.5. The number of aryl methyl sites for hydroxylation is 1. The number of rotatable bonds is 4. The van der Waals surface area contributed by atoms with Crippen molar-refractivity contribution in [3.05, 3.63) is 81.5 Å². The Morgan fingerprint density at radius 2 is 1.97 bits per heavy atom. The van der Waals surface area contributed by atoms with E-state index in [1.54, 1.807) is 35.7 Å². The van der Waals surface area contributed by atoms with Gasteiger partial charge in [0, 0.05) is 22.9 Å². The molecule has 4 rings (SSSR count). The maximum Gasteiger partial charge on any atom is 0.363 e. The van der Waals surface area contributed by atoms with E-state index in [1.807, 2.05) is 31.2 Å². The van der Waals surface area contributed by atoms with Crippen molar-refractivity contribution >= 4 is 57.6 Å². The number of hydrogen-bond donors (Lipinski definition) is 0. The third-order valence-corrected chi connectivity index (χ3v) is 5.37. The average molecular weight is 438 g/mol. The van der Waals surface area contributed by atoms with Gasteiger partial charge in [-0.1, -0.05) is 35.4 Å². The van der Waals surface area contributed by atoms with Gasteiger partial charge < -0.3 is 4.74 Å². The van der Waals surface area contributed by atoms with Crippen LogP contribution in [0, 0.1) is 6.92 Å². The van der Waals surface area contributed by atoms with E-state index in [-0.39, 0.29) is 17.5 Å². The number of hydrogen-bond acceptors (Lipinski definition) is 6. The lowest BCUT2D eigenvalue weighted by Crippen LogP contribution is -2.22. The number of carbonyl (C=O) groups is 2. The summed E-state index contributed by atoms with van der Waals surface area (Å²) in [5.74, 6) is -0.491. The van der Waals surface area contributed by atoms with Crippen molar-refractivity contribution in [1.82, 2.24) is 4.98 Å². The van der Waals surface area contributed by atoms with E-state index in [2.05, 4.69) is 9.98 Å². The first-order valence-electron chi connectivity index (χ1n) is 9.02. The van der Waals surface area contributed by atoms with Crippen LogP contribution in [0.25, 0.3) is 6.08 Å². The Bertz CT molecular complexity index is 1200. The van der Waals surface area contributed by atoms with Crippen LogP contribution in [0.3, 0.4) is 0 Å². The predicted molar refractivity (Wildman–Crippen MR) is 118 cm³/mol. The number of aliphatic imine (C=N–C) groups is 1. The van der Waals surface area contributed by atoms with Gasteiger partial charge in [-0.15, -0.1) is 11.3 Å². The Labute approximate surface area is 182 Å². The summed E-state index contributed by atoms with van der Waals surface area (Å²) < 4.78 is 5.29. The van der Waals surface area contributed by atoms with Crippen molar-refractivity contribution in [2.75, 3.05) is 4.90 Å². The lowest BCUT2D eigenvalue weighted by Gasteiger charge is -2.18. The van der Waals surface area contributed by atoms with Gasteiger partial charge in [-0.2, -0.15) is 0 Å². The quantitative estimate of drug-likeness (QED) is 0.418. The fourth-order valence-corrected chi connectivity index (χ4v) is 3.89. The molecular weight excluding hydrogens is 422 g/mol. The minimum Gasteiger partial charge on any atom is -0.402 e. The van der Waals surface area contributed by atoms with Crippen molar-refractivity contribution in [3.8, 4) is 0 Å². The second kappa shape index (κ2) is 8.22. The van der Waals surface area contributed by atoms with Gasteiger partial charge in [0.25, 0.3) is 0 Å². The first kappa shape index (κ1) is 20.0. The monoisotopic (exact) mass is 437 g/mol. The van der Waals surface area contributed by atoms with Gasteiger partial charge >= 0.3 is 5.97 Å². The fourth-order valence-electron chi connectivity index (χ4n) is 2.86. The molecule has 0 atom stereocenters. The number of ether oxygens (including phenoxy) is 1. The van der Waals surface area contributed by atoms with E-state index in [1.165, 1.54) is 23.2 Å². The molecule has 0 spiro atoms. The van der Waals surface area contributed by atoms with E-state index >= 15 is 0 Å². The van der Waals surface area contributed by atoms with Crippen LogP contribution in [-0.2, 0) is 14.3 Å². The fraction of sp³-hybridized carbons (Fsp3) is 0.0909. The molecule has 1 aromatic heterocycles. The molecule has 1 amide bonds. The van der Waals surface area contributed by atoms with Gasteiger partial charge in [-0.3, -0.25) is 9.69 Å². The van der Waals surface area contributed by atoms with Gasteiger partial charge in [-0.25, -0.2) is 14.8 Å². The summed E-state index contributed by atoms with van der Waals surface area (Å²) in [6.07, 6.45) is 1.54. The average Bonchev–Trinajstić information content (AvgIpc) is 3.30. The number of halogens is 1. The minimum absolute atomic E-state index is 0.152. The highest BCUT2D eigenvalue weighted by Gasteiger charge is 2.25. The molecule has 150 valence electrons. The first-order chi connectivity index (χ1) is 14.4. The Hall–Kier alpha value is -3.29. The Balaban J connectivity index is 1.63. The lowest BCUT2D eigenvalue weighted by molar-refractivity contribution is -0.130. The zero-order valence-corrected chi connectivity index (χ0v) is 17.7. The van der Waals surface area contributed by atoms with Gasteiger partial charge in [-0.05, 0) is 43.3 Å². The van der Waals surface area contributed by atoms with E-state index in [0.29, 0.717) is 21.5 Å². The van der Waals surface area contributed by atoms with Crippen LogP contribution in [-0.4, -0.2) is 22.8 Å². The maximum absolute atomic E-state index is 12.2. The van der Waals surface area contributed by atoms with Crippen molar-refractivity contribution < 1.29 is 14.3 Å². The Kier molecular flexibility index (Phi) is 5.48. The topological polar surface area (TPSA) is 71.9 Å². The number of nitrogens with zero attached hydrogens (tertiary/aromatic N) is 3. The minimum atomic E-state index is -0.543. The molecular formula is C22H16ClN3O3S. The van der Waals surface area contributed by atoms with Crippen molar-refractivity contribution in [2.45, 2.75) is 13.8 Å². The van der Waals surface area contributed by atoms with Crippen LogP contribution in [0.5, 0.6) is 0 Å². The van der Waals surface area contributed by atoms with Crippen LogP contribution in [0.4, 0.5) is 10.8 Å². The smallest absolute Gasteiger partial charge is 0.363 e. The number of cyclic esters (lactones) is 1. The third-order valence-electron chi connectivity index (χ3n) is 4.29.